The first-order chi connectivity index (χ1) is 11.6. The van der Waals surface area contributed by atoms with Crippen LogP contribution in [0.2, 0.25) is 5.02 Å². The van der Waals surface area contributed by atoms with Gasteiger partial charge in [0.05, 0.1) is 25.8 Å². The molecule has 1 unspecified atom stereocenters. The van der Waals surface area contributed by atoms with E-state index in [1.165, 1.54) is 14.2 Å². The second-order valence-electron chi connectivity index (χ2n) is 6.35. The second kappa shape index (κ2) is 8.76. The van der Waals surface area contributed by atoms with E-state index in [1.54, 1.807) is 52.0 Å². The Labute approximate surface area is 153 Å². The van der Waals surface area contributed by atoms with Crippen LogP contribution >= 0.6 is 11.6 Å². The summed E-state index contributed by atoms with van der Waals surface area (Å²) >= 11 is 6.02. The predicted molar refractivity (Wildman–Crippen MR) is 96.8 cm³/mol. The van der Waals surface area contributed by atoms with Crippen LogP contribution in [0.5, 0.6) is 5.75 Å². The number of methoxy groups -OCH3 is 2. The fraction of sp³-hybridized carbons (Fsp3) is 0.444. The molecule has 6 nitrogen and oxygen atoms in total. The van der Waals surface area contributed by atoms with Gasteiger partial charge in [-0.25, -0.2) is 9.59 Å². The van der Waals surface area contributed by atoms with Gasteiger partial charge in [-0.05, 0) is 52.0 Å². The topological polar surface area (TPSA) is 73.9 Å². The molecule has 0 aliphatic rings. The van der Waals surface area contributed by atoms with Crippen LogP contribution in [0, 0.1) is 0 Å². The van der Waals surface area contributed by atoms with Crippen LogP contribution in [0.15, 0.2) is 23.8 Å². The maximum atomic E-state index is 12.2. The Morgan fingerprint density at radius 3 is 2.40 bits per heavy atom. The number of esters is 1. The smallest absolute Gasteiger partial charge is 0.408 e. The molecular weight excluding hydrogens is 346 g/mol. The minimum Gasteiger partial charge on any atom is -0.496 e. The fourth-order valence-electron chi connectivity index (χ4n) is 2.03. The lowest BCUT2D eigenvalue weighted by molar-refractivity contribution is -0.136. The van der Waals surface area contributed by atoms with Crippen molar-refractivity contribution in [3.8, 4) is 5.75 Å². The van der Waals surface area contributed by atoms with Crippen molar-refractivity contribution in [3.05, 3.63) is 34.4 Å². The summed E-state index contributed by atoms with van der Waals surface area (Å²) in [7, 11) is 2.78. The number of hydrogen-bond donors (Lipinski definition) is 1. The highest BCUT2D eigenvalue weighted by atomic mass is 35.5. The Kier molecular flexibility index (Phi) is 7.30. The lowest BCUT2D eigenvalue weighted by Crippen LogP contribution is -2.40. The molecule has 25 heavy (non-hydrogen) atoms. The molecule has 0 fully saturated rings. The van der Waals surface area contributed by atoms with Gasteiger partial charge in [0.2, 0.25) is 0 Å². The number of halogens is 1. The highest BCUT2D eigenvalue weighted by Crippen LogP contribution is 2.26. The Hall–Kier alpha value is -2.21. The molecule has 0 heterocycles. The number of carbonyl (C=O) groups is 2. The quantitative estimate of drug-likeness (QED) is 0.631. The molecule has 0 aliphatic carbocycles. The molecule has 0 aliphatic heterocycles. The second-order valence-corrected chi connectivity index (χ2v) is 6.78. The van der Waals surface area contributed by atoms with E-state index in [1.807, 2.05) is 0 Å². The zero-order valence-corrected chi connectivity index (χ0v) is 16.1. The van der Waals surface area contributed by atoms with E-state index < -0.39 is 23.7 Å². The first-order valence-corrected chi connectivity index (χ1v) is 8.08. The molecule has 1 atom stereocenters. The van der Waals surface area contributed by atoms with E-state index in [-0.39, 0.29) is 5.57 Å². The Morgan fingerprint density at radius 1 is 1.24 bits per heavy atom. The van der Waals surface area contributed by atoms with Crippen LogP contribution in [-0.2, 0) is 14.3 Å². The van der Waals surface area contributed by atoms with Gasteiger partial charge in [0.15, 0.2) is 0 Å². The summed E-state index contributed by atoms with van der Waals surface area (Å²) in [6.07, 6.45) is 0.936. The van der Waals surface area contributed by atoms with Crippen LogP contribution in [0.3, 0.4) is 0 Å². The number of amides is 1. The predicted octanol–water partition coefficient (Wildman–Crippen LogP) is 3.82. The molecule has 1 aromatic rings. The lowest BCUT2D eigenvalue weighted by atomic mass is 10.0. The van der Waals surface area contributed by atoms with Crippen LogP contribution < -0.4 is 10.1 Å². The maximum absolute atomic E-state index is 12.2. The van der Waals surface area contributed by atoms with Gasteiger partial charge in [-0.3, -0.25) is 0 Å². The Morgan fingerprint density at radius 2 is 1.88 bits per heavy atom. The summed E-state index contributed by atoms with van der Waals surface area (Å²) in [4.78, 5) is 24.1. The monoisotopic (exact) mass is 369 g/mol. The van der Waals surface area contributed by atoms with Gasteiger partial charge in [0.1, 0.15) is 11.4 Å². The molecular formula is C18H24ClNO5. The summed E-state index contributed by atoms with van der Waals surface area (Å²) in [5.41, 5.74) is 0.178. The van der Waals surface area contributed by atoms with Crippen LogP contribution in [0.1, 0.15) is 33.3 Å². The third-order valence-corrected chi connectivity index (χ3v) is 3.36. The molecule has 1 rings (SSSR count). The van der Waals surface area contributed by atoms with Gasteiger partial charge in [-0.1, -0.05) is 11.6 Å². The van der Waals surface area contributed by atoms with Gasteiger partial charge in [0.25, 0.3) is 0 Å². The highest BCUT2D eigenvalue weighted by Gasteiger charge is 2.23. The first kappa shape index (κ1) is 20.8. The minimum absolute atomic E-state index is 0.230. The van der Waals surface area contributed by atoms with Crippen molar-refractivity contribution >= 4 is 29.7 Å². The van der Waals surface area contributed by atoms with Crippen molar-refractivity contribution in [1.82, 2.24) is 5.32 Å². The summed E-state index contributed by atoms with van der Waals surface area (Å²) in [5, 5.41) is 3.11. The average molecular weight is 370 g/mol. The van der Waals surface area contributed by atoms with Gasteiger partial charge < -0.3 is 19.5 Å². The van der Waals surface area contributed by atoms with E-state index in [2.05, 4.69) is 5.32 Å². The van der Waals surface area contributed by atoms with Crippen molar-refractivity contribution in [2.24, 2.45) is 0 Å². The third-order valence-electron chi connectivity index (χ3n) is 3.12. The number of nitrogens with one attached hydrogen (secondary N) is 1. The molecule has 138 valence electrons. The number of carbonyl (C=O) groups excluding carboxylic acids is 2. The number of ether oxygens (including phenoxy) is 3. The van der Waals surface area contributed by atoms with Crippen LogP contribution in [0.25, 0.3) is 6.08 Å². The molecule has 0 radical (unpaired) electrons. The Balaban J connectivity index is 3.15. The van der Waals surface area contributed by atoms with Crippen molar-refractivity contribution < 1.29 is 23.8 Å². The zero-order valence-electron chi connectivity index (χ0n) is 15.3. The molecule has 1 amide bonds. The number of hydrogen-bond acceptors (Lipinski definition) is 5. The summed E-state index contributed by atoms with van der Waals surface area (Å²) in [5.74, 6) is -0.0409. The molecule has 0 spiro atoms. The van der Waals surface area contributed by atoms with E-state index in [4.69, 9.17) is 25.8 Å². The molecule has 0 aromatic heterocycles. The van der Waals surface area contributed by atoms with Gasteiger partial charge in [-0.2, -0.15) is 0 Å². The summed E-state index contributed by atoms with van der Waals surface area (Å²) < 4.78 is 15.3. The van der Waals surface area contributed by atoms with E-state index >= 15 is 0 Å². The zero-order chi connectivity index (χ0) is 19.2. The maximum Gasteiger partial charge on any atom is 0.408 e. The van der Waals surface area contributed by atoms with Gasteiger partial charge >= 0.3 is 12.1 Å². The van der Waals surface area contributed by atoms with E-state index in [0.717, 1.165) is 0 Å². The SMILES string of the molecule is COC(=O)C(=Cc1cc(Cl)ccc1OC)C(C)NC(=O)OC(C)(C)C. The molecule has 1 N–H and O–H groups in total. The number of benzene rings is 1. The standard InChI is InChI=1S/C18H24ClNO5/c1-11(20-17(22)25-18(2,3)4)14(16(21)24-6)10-12-9-13(19)7-8-15(12)23-5/h7-11H,1-6H3,(H,20,22). The minimum atomic E-state index is -0.647. The Bertz CT molecular complexity index is 664. The molecule has 0 bridgehead atoms. The third kappa shape index (κ3) is 6.66. The lowest BCUT2D eigenvalue weighted by Gasteiger charge is -2.22. The van der Waals surface area contributed by atoms with Gasteiger partial charge in [0, 0.05) is 10.6 Å². The van der Waals surface area contributed by atoms with E-state index in [9.17, 15) is 9.59 Å². The first-order valence-electron chi connectivity index (χ1n) is 7.70. The molecule has 7 heteroatoms. The van der Waals surface area contributed by atoms with Crippen molar-refractivity contribution in [1.29, 1.82) is 0 Å². The van der Waals surface area contributed by atoms with Crippen LogP contribution in [-0.4, -0.2) is 37.9 Å². The van der Waals surface area contributed by atoms with Crippen molar-refractivity contribution in [2.45, 2.75) is 39.3 Å². The normalized spacial score (nSPS) is 13.0. The highest BCUT2D eigenvalue weighted by molar-refractivity contribution is 6.30. The van der Waals surface area contributed by atoms with Crippen molar-refractivity contribution in [3.63, 3.8) is 0 Å². The molecule has 0 saturated heterocycles. The summed E-state index contributed by atoms with van der Waals surface area (Å²) in [6.45, 7) is 6.92. The fourth-order valence-corrected chi connectivity index (χ4v) is 2.21. The number of rotatable bonds is 5. The largest absolute Gasteiger partial charge is 0.496 e. The van der Waals surface area contributed by atoms with Crippen molar-refractivity contribution in [2.75, 3.05) is 14.2 Å². The van der Waals surface area contributed by atoms with Gasteiger partial charge in [-0.15, -0.1) is 0 Å². The molecule has 0 saturated carbocycles. The molecule has 1 aromatic carbocycles. The number of alkyl carbamates (subject to hydrolysis) is 1. The summed E-state index contributed by atoms with van der Waals surface area (Å²) in [6, 6.07) is 4.38. The average Bonchev–Trinajstić information content (AvgIpc) is 2.49. The van der Waals surface area contributed by atoms with E-state index in [0.29, 0.717) is 16.3 Å². The van der Waals surface area contributed by atoms with Crippen LogP contribution in [0.4, 0.5) is 4.79 Å².